The lowest BCUT2D eigenvalue weighted by Gasteiger charge is -2.11. The average molecular weight is 297 g/mol. The molecule has 1 unspecified atom stereocenters. The van der Waals surface area contributed by atoms with Crippen LogP contribution in [0.2, 0.25) is 5.02 Å². The van der Waals surface area contributed by atoms with E-state index < -0.39 is 0 Å². The largest absolute Gasteiger partial charge is 0.459 e. The highest BCUT2D eigenvalue weighted by Gasteiger charge is 2.21. The Morgan fingerprint density at radius 2 is 2.16 bits per heavy atom. The van der Waals surface area contributed by atoms with Gasteiger partial charge in [0.25, 0.3) is 0 Å². The number of hydrazine groups is 1. The predicted octanol–water partition coefficient (Wildman–Crippen LogP) is 3.84. The van der Waals surface area contributed by atoms with Crippen molar-refractivity contribution in [3.05, 3.63) is 57.2 Å². The molecule has 3 rings (SSSR count). The molecule has 0 bridgehead atoms. The van der Waals surface area contributed by atoms with Gasteiger partial charge in [-0.05, 0) is 35.7 Å². The summed E-state index contributed by atoms with van der Waals surface area (Å²) in [4.78, 5) is 0.865. The Morgan fingerprint density at radius 3 is 2.84 bits per heavy atom. The maximum absolute atomic E-state index is 13.2. The smallest absolute Gasteiger partial charge is 0.134 e. The van der Waals surface area contributed by atoms with Crippen molar-refractivity contribution in [1.29, 1.82) is 0 Å². The lowest BCUT2D eigenvalue weighted by Crippen LogP contribution is -2.28. The second kappa shape index (κ2) is 4.94. The van der Waals surface area contributed by atoms with E-state index in [0.29, 0.717) is 21.8 Å². The van der Waals surface area contributed by atoms with E-state index in [2.05, 4.69) is 5.43 Å². The van der Waals surface area contributed by atoms with E-state index in [4.69, 9.17) is 21.9 Å². The fourth-order valence-corrected chi connectivity index (χ4v) is 3.21. The lowest BCUT2D eigenvalue weighted by molar-refractivity contribution is 0.481. The molecule has 0 aliphatic rings. The minimum atomic E-state index is -0.344. The van der Waals surface area contributed by atoms with Crippen molar-refractivity contribution in [2.24, 2.45) is 5.84 Å². The SMILES string of the molecule is NNC(c1cc2cc(F)ccc2o1)c1sccc1Cl. The van der Waals surface area contributed by atoms with Crippen LogP contribution in [0.5, 0.6) is 0 Å². The van der Waals surface area contributed by atoms with Gasteiger partial charge in [-0.3, -0.25) is 5.84 Å². The summed E-state index contributed by atoms with van der Waals surface area (Å²) >= 11 is 7.58. The monoisotopic (exact) mass is 296 g/mol. The molecular formula is C13H10ClFN2OS. The highest BCUT2D eigenvalue weighted by molar-refractivity contribution is 7.10. The van der Waals surface area contributed by atoms with Crippen LogP contribution in [0.3, 0.4) is 0 Å². The molecule has 0 radical (unpaired) electrons. The van der Waals surface area contributed by atoms with E-state index in [9.17, 15) is 4.39 Å². The molecule has 19 heavy (non-hydrogen) atoms. The standard InChI is InChI=1S/C13H10ClFN2OS/c14-9-3-4-19-13(9)12(17-16)11-6-7-5-8(15)1-2-10(7)18-11/h1-6,12,17H,16H2. The van der Waals surface area contributed by atoms with Crippen molar-refractivity contribution in [2.75, 3.05) is 0 Å². The van der Waals surface area contributed by atoms with Gasteiger partial charge in [0, 0.05) is 10.3 Å². The third kappa shape index (κ3) is 2.26. The van der Waals surface area contributed by atoms with Gasteiger partial charge in [0.15, 0.2) is 0 Å². The zero-order valence-electron chi connectivity index (χ0n) is 9.69. The van der Waals surface area contributed by atoms with Crippen LogP contribution in [0.25, 0.3) is 11.0 Å². The first kappa shape index (κ1) is 12.6. The molecule has 1 atom stereocenters. The Kier molecular flexibility index (Phi) is 3.28. The normalized spacial score (nSPS) is 13.0. The van der Waals surface area contributed by atoms with Gasteiger partial charge >= 0.3 is 0 Å². The molecule has 0 amide bonds. The van der Waals surface area contributed by atoms with Crippen LogP contribution in [-0.2, 0) is 0 Å². The number of hydrogen-bond donors (Lipinski definition) is 2. The Balaban J connectivity index is 2.09. The summed E-state index contributed by atoms with van der Waals surface area (Å²) in [7, 11) is 0. The molecule has 1 aromatic carbocycles. The van der Waals surface area contributed by atoms with Crippen molar-refractivity contribution in [3.63, 3.8) is 0 Å². The second-order valence-corrected chi connectivity index (χ2v) is 5.42. The minimum absolute atomic E-state index is 0.300. The van der Waals surface area contributed by atoms with E-state index in [-0.39, 0.29) is 11.9 Å². The van der Waals surface area contributed by atoms with Crippen LogP contribution in [0.4, 0.5) is 4.39 Å². The maximum atomic E-state index is 13.2. The molecule has 0 saturated carbocycles. The van der Waals surface area contributed by atoms with Gasteiger partial charge in [-0.1, -0.05) is 11.6 Å². The number of rotatable bonds is 3. The molecule has 3 nitrogen and oxygen atoms in total. The summed E-state index contributed by atoms with van der Waals surface area (Å²) in [6, 6.07) is 7.60. The number of nitrogens with one attached hydrogen (secondary N) is 1. The summed E-state index contributed by atoms with van der Waals surface area (Å²) in [6.45, 7) is 0. The summed E-state index contributed by atoms with van der Waals surface area (Å²) in [5.41, 5.74) is 3.29. The molecule has 0 aliphatic carbocycles. The molecule has 0 aliphatic heterocycles. The van der Waals surface area contributed by atoms with Gasteiger partial charge in [0.1, 0.15) is 23.2 Å². The molecule has 6 heteroatoms. The summed E-state index contributed by atoms with van der Waals surface area (Å²) in [5, 5.41) is 3.20. The summed E-state index contributed by atoms with van der Waals surface area (Å²) in [6.07, 6.45) is 0. The van der Waals surface area contributed by atoms with Gasteiger partial charge in [-0.25, -0.2) is 9.82 Å². The molecule has 2 aromatic heterocycles. The summed E-state index contributed by atoms with van der Waals surface area (Å²) < 4.78 is 18.9. The first-order valence-corrected chi connectivity index (χ1v) is 6.83. The number of nitrogens with two attached hydrogens (primary N) is 1. The second-order valence-electron chi connectivity index (χ2n) is 4.06. The number of furan rings is 1. The molecule has 98 valence electrons. The number of fused-ring (bicyclic) bond motifs is 1. The molecule has 0 fully saturated rings. The van der Waals surface area contributed by atoms with Crippen LogP contribution in [0.15, 0.2) is 40.1 Å². The number of hydrogen-bond acceptors (Lipinski definition) is 4. The van der Waals surface area contributed by atoms with Crippen molar-refractivity contribution < 1.29 is 8.81 Å². The van der Waals surface area contributed by atoms with Crippen LogP contribution in [0.1, 0.15) is 16.7 Å². The van der Waals surface area contributed by atoms with Gasteiger partial charge < -0.3 is 4.42 Å². The molecule has 3 N–H and O–H groups in total. The van der Waals surface area contributed by atoms with E-state index >= 15 is 0 Å². The Hall–Kier alpha value is -1.40. The Bertz CT molecular complexity index is 724. The van der Waals surface area contributed by atoms with Crippen molar-refractivity contribution in [2.45, 2.75) is 6.04 Å². The number of thiophene rings is 1. The Labute approximate surface area is 117 Å². The van der Waals surface area contributed by atoms with Gasteiger partial charge in [0.2, 0.25) is 0 Å². The van der Waals surface area contributed by atoms with Gasteiger partial charge in [0.05, 0.1) is 5.02 Å². The van der Waals surface area contributed by atoms with Crippen LogP contribution in [-0.4, -0.2) is 0 Å². The highest BCUT2D eigenvalue weighted by atomic mass is 35.5. The van der Waals surface area contributed by atoms with Crippen LogP contribution < -0.4 is 11.3 Å². The third-order valence-electron chi connectivity index (χ3n) is 2.86. The van der Waals surface area contributed by atoms with Crippen molar-refractivity contribution in [3.8, 4) is 0 Å². The summed E-state index contributed by atoms with van der Waals surface area (Å²) in [5.74, 6) is 5.88. The zero-order valence-corrected chi connectivity index (χ0v) is 11.3. The van der Waals surface area contributed by atoms with Crippen LogP contribution >= 0.6 is 22.9 Å². The average Bonchev–Trinajstić information content (AvgIpc) is 2.97. The molecular weight excluding hydrogens is 287 g/mol. The highest BCUT2D eigenvalue weighted by Crippen LogP contribution is 2.34. The first-order chi connectivity index (χ1) is 9.19. The molecule has 0 spiro atoms. The van der Waals surface area contributed by atoms with E-state index in [1.807, 2.05) is 5.38 Å². The fraction of sp³-hybridized carbons (Fsp3) is 0.0769. The maximum Gasteiger partial charge on any atom is 0.134 e. The fourth-order valence-electron chi connectivity index (χ4n) is 1.98. The molecule has 0 saturated heterocycles. The van der Waals surface area contributed by atoms with E-state index in [1.54, 1.807) is 18.2 Å². The van der Waals surface area contributed by atoms with E-state index in [1.165, 1.54) is 23.5 Å². The topological polar surface area (TPSA) is 51.2 Å². The van der Waals surface area contributed by atoms with Crippen molar-refractivity contribution in [1.82, 2.24) is 5.43 Å². The Morgan fingerprint density at radius 1 is 1.32 bits per heavy atom. The number of benzene rings is 1. The minimum Gasteiger partial charge on any atom is -0.459 e. The van der Waals surface area contributed by atoms with Gasteiger partial charge in [-0.15, -0.1) is 11.3 Å². The van der Waals surface area contributed by atoms with Crippen molar-refractivity contribution >= 4 is 33.9 Å². The van der Waals surface area contributed by atoms with Gasteiger partial charge in [-0.2, -0.15) is 0 Å². The quantitative estimate of drug-likeness (QED) is 0.570. The van der Waals surface area contributed by atoms with E-state index in [0.717, 1.165) is 4.88 Å². The van der Waals surface area contributed by atoms with Crippen LogP contribution in [0, 0.1) is 5.82 Å². The molecule has 3 aromatic rings. The predicted molar refractivity (Wildman–Crippen MR) is 74.7 cm³/mol. The number of halogens is 2. The third-order valence-corrected chi connectivity index (χ3v) is 4.28. The lowest BCUT2D eigenvalue weighted by atomic mass is 10.1. The molecule has 2 heterocycles. The zero-order chi connectivity index (χ0) is 13.4. The first-order valence-electron chi connectivity index (χ1n) is 5.57.